The highest BCUT2D eigenvalue weighted by Crippen LogP contribution is 2.33. The van der Waals surface area contributed by atoms with Gasteiger partial charge in [0.05, 0.1) is 12.5 Å². The van der Waals surface area contributed by atoms with Crippen LogP contribution in [0.5, 0.6) is 0 Å². The van der Waals surface area contributed by atoms with Crippen molar-refractivity contribution in [2.45, 2.75) is 32.9 Å². The van der Waals surface area contributed by atoms with Crippen LogP contribution < -0.4 is 11.1 Å². The first-order valence-electron chi connectivity index (χ1n) is 10.4. The molecule has 0 fully saturated rings. The number of benzene rings is 2. The van der Waals surface area contributed by atoms with Crippen LogP contribution in [-0.4, -0.2) is 31.7 Å². The van der Waals surface area contributed by atoms with Gasteiger partial charge in [0, 0.05) is 18.8 Å². The summed E-state index contributed by atoms with van der Waals surface area (Å²) in [6, 6.07) is 14.9. The molecule has 0 aliphatic carbocycles. The second-order valence-electron chi connectivity index (χ2n) is 7.68. The van der Waals surface area contributed by atoms with Gasteiger partial charge in [-0.3, -0.25) is 9.59 Å². The maximum Gasteiger partial charge on any atom is 0.308 e. The zero-order valence-electron chi connectivity index (χ0n) is 18.4. The summed E-state index contributed by atoms with van der Waals surface area (Å²) >= 11 is 0. The molecule has 4 rings (SSSR count). The van der Waals surface area contributed by atoms with Gasteiger partial charge in [-0.05, 0) is 36.3 Å². The summed E-state index contributed by atoms with van der Waals surface area (Å²) in [6.07, 6.45) is 3.54. The third-order valence-electron chi connectivity index (χ3n) is 5.20. The number of ether oxygens (including phenoxy) is 1. The number of hydrogen-bond acceptors (Lipinski definition) is 8. The number of carbonyl (C=O) groups excluding carboxylic acids is 2. The molecule has 1 aromatic heterocycles. The fraction of sp³-hybridized carbons (Fsp3) is 0.208. The number of anilines is 3. The van der Waals surface area contributed by atoms with Crippen molar-refractivity contribution in [2.75, 3.05) is 11.1 Å². The van der Waals surface area contributed by atoms with Crippen LogP contribution in [0.15, 0.2) is 54.7 Å². The van der Waals surface area contributed by atoms with Crippen molar-refractivity contribution in [3.8, 4) is 0 Å². The van der Waals surface area contributed by atoms with Gasteiger partial charge >= 0.3 is 5.97 Å². The van der Waals surface area contributed by atoms with Gasteiger partial charge in [0.2, 0.25) is 17.8 Å². The predicted octanol–water partition coefficient (Wildman–Crippen LogP) is 3.51. The normalized spacial score (nSPS) is 14.5. The molecule has 0 bridgehead atoms. The number of rotatable bonds is 6. The largest absolute Gasteiger partial charge is 0.457 e. The number of hydrogen-bond donors (Lipinski definition) is 2. The summed E-state index contributed by atoms with van der Waals surface area (Å²) in [5.74, 6) is -0.150. The molecule has 1 atom stereocenters. The van der Waals surface area contributed by atoms with Crippen molar-refractivity contribution in [1.82, 2.24) is 19.9 Å². The number of nitrogen functional groups attached to an aromatic ring is 1. The van der Waals surface area contributed by atoms with Gasteiger partial charge in [-0.15, -0.1) is 0 Å². The van der Waals surface area contributed by atoms with Crippen LogP contribution in [0.25, 0.3) is 6.08 Å². The highest BCUT2D eigenvalue weighted by Gasteiger charge is 2.28. The molecule has 2 heterocycles. The molecule has 0 saturated carbocycles. The lowest BCUT2D eigenvalue weighted by Crippen LogP contribution is -2.32. The lowest BCUT2D eigenvalue weighted by molar-refractivity contribution is -0.147. The number of amides is 1. The molecule has 9 heteroatoms. The van der Waals surface area contributed by atoms with E-state index < -0.39 is 12.0 Å². The zero-order chi connectivity index (χ0) is 23.4. The molecule has 0 saturated heterocycles. The number of nitrogens with two attached hydrogens (primary N) is 1. The minimum absolute atomic E-state index is 0.00400. The minimum atomic E-state index is -0.483. The van der Waals surface area contributed by atoms with Crippen LogP contribution in [0, 0.1) is 6.92 Å². The summed E-state index contributed by atoms with van der Waals surface area (Å²) in [6.45, 7) is 3.29. The van der Waals surface area contributed by atoms with Gasteiger partial charge < -0.3 is 20.7 Å². The molecular weight excluding hydrogens is 420 g/mol. The van der Waals surface area contributed by atoms with E-state index in [1.165, 1.54) is 11.8 Å². The molecule has 168 valence electrons. The van der Waals surface area contributed by atoms with E-state index in [0.717, 1.165) is 22.4 Å². The number of carbonyl (C=O) groups is 2. The van der Waals surface area contributed by atoms with Gasteiger partial charge in [0.25, 0.3) is 0 Å². The van der Waals surface area contributed by atoms with Gasteiger partial charge in [0.15, 0.2) is 12.4 Å². The van der Waals surface area contributed by atoms with Gasteiger partial charge in [-0.2, -0.15) is 15.0 Å². The number of nitrogens with zero attached hydrogens (tertiary/aromatic N) is 4. The van der Waals surface area contributed by atoms with Crippen LogP contribution in [0.3, 0.4) is 0 Å². The Morgan fingerprint density at radius 1 is 1.09 bits per heavy atom. The van der Waals surface area contributed by atoms with Crippen LogP contribution in [0.1, 0.15) is 41.9 Å². The van der Waals surface area contributed by atoms with E-state index in [4.69, 9.17) is 10.5 Å². The predicted molar refractivity (Wildman–Crippen MR) is 124 cm³/mol. The Morgan fingerprint density at radius 3 is 2.61 bits per heavy atom. The smallest absolute Gasteiger partial charge is 0.308 e. The molecule has 3 aromatic rings. The quantitative estimate of drug-likeness (QED) is 0.554. The van der Waals surface area contributed by atoms with Crippen molar-refractivity contribution < 1.29 is 14.3 Å². The van der Waals surface area contributed by atoms with E-state index in [2.05, 4.69) is 20.3 Å². The zero-order valence-corrected chi connectivity index (χ0v) is 18.4. The summed E-state index contributed by atoms with van der Waals surface area (Å²) in [4.78, 5) is 38.7. The number of nitrogens with one attached hydrogen (secondary N) is 1. The third kappa shape index (κ3) is 5.32. The fourth-order valence-corrected chi connectivity index (χ4v) is 3.60. The van der Waals surface area contributed by atoms with Crippen molar-refractivity contribution >= 4 is 35.5 Å². The highest BCUT2D eigenvalue weighted by molar-refractivity contribution is 5.80. The number of fused-ring (bicyclic) bond motifs is 1. The average Bonchev–Trinajstić information content (AvgIpc) is 2.79. The molecule has 9 nitrogen and oxygen atoms in total. The Bertz CT molecular complexity index is 1210. The third-order valence-corrected chi connectivity index (χ3v) is 5.20. The summed E-state index contributed by atoms with van der Waals surface area (Å²) in [7, 11) is 0. The lowest BCUT2D eigenvalue weighted by Gasteiger charge is -2.32. The Hall–Kier alpha value is -4.27. The highest BCUT2D eigenvalue weighted by atomic mass is 16.5. The number of esters is 1. The Labute approximate surface area is 191 Å². The standard InChI is InChI=1S/C24H24N6O3/c1-15-7-9-18(10-8-15)26-24-28-21(27-23(25)29-24)14-33-22(32)13-20-19-6-4-3-5-17(19)11-12-30(20)16(2)31/h3-12,20H,13-14H2,1-2H3,(H3,25,26,27,28,29)/t20-/m1/s1. The Balaban J connectivity index is 1.43. The monoisotopic (exact) mass is 444 g/mol. The molecule has 1 amide bonds. The van der Waals surface area contributed by atoms with E-state index in [9.17, 15) is 9.59 Å². The molecule has 2 aromatic carbocycles. The van der Waals surface area contributed by atoms with Crippen LogP contribution in [0.2, 0.25) is 0 Å². The summed E-state index contributed by atoms with van der Waals surface area (Å²) < 4.78 is 5.41. The van der Waals surface area contributed by atoms with E-state index in [0.29, 0.717) is 0 Å². The average molecular weight is 444 g/mol. The maximum absolute atomic E-state index is 12.7. The first-order valence-corrected chi connectivity index (χ1v) is 10.4. The first-order chi connectivity index (χ1) is 15.9. The lowest BCUT2D eigenvalue weighted by atomic mass is 9.94. The summed E-state index contributed by atoms with van der Waals surface area (Å²) in [5, 5.41) is 3.06. The van der Waals surface area contributed by atoms with Crippen molar-refractivity contribution in [3.05, 3.63) is 77.2 Å². The van der Waals surface area contributed by atoms with Crippen molar-refractivity contribution in [2.24, 2.45) is 0 Å². The van der Waals surface area contributed by atoms with E-state index in [1.54, 1.807) is 6.20 Å². The topological polar surface area (TPSA) is 123 Å². The molecule has 0 spiro atoms. The number of aryl methyl sites for hydroxylation is 1. The van der Waals surface area contributed by atoms with E-state index >= 15 is 0 Å². The van der Waals surface area contributed by atoms with Crippen LogP contribution in [-0.2, 0) is 20.9 Å². The van der Waals surface area contributed by atoms with Gasteiger partial charge in [0.1, 0.15) is 0 Å². The minimum Gasteiger partial charge on any atom is -0.457 e. The maximum atomic E-state index is 12.7. The van der Waals surface area contributed by atoms with Crippen LogP contribution >= 0.6 is 0 Å². The SMILES string of the molecule is CC(=O)N1C=Cc2ccccc2[C@H]1CC(=O)OCc1nc(N)nc(Nc2ccc(C)cc2)n1. The molecule has 0 radical (unpaired) electrons. The summed E-state index contributed by atoms with van der Waals surface area (Å²) in [5.41, 5.74) is 9.58. The van der Waals surface area contributed by atoms with Gasteiger partial charge in [-0.1, -0.05) is 42.0 Å². The first kappa shape index (κ1) is 21.9. The van der Waals surface area contributed by atoms with E-state index in [1.807, 2.05) is 61.5 Å². The molecule has 1 aliphatic rings. The molecule has 3 N–H and O–H groups in total. The fourth-order valence-electron chi connectivity index (χ4n) is 3.60. The van der Waals surface area contributed by atoms with Crippen LogP contribution in [0.4, 0.5) is 17.6 Å². The molecule has 0 unspecified atom stereocenters. The van der Waals surface area contributed by atoms with E-state index in [-0.39, 0.29) is 36.7 Å². The second-order valence-corrected chi connectivity index (χ2v) is 7.68. The molecule has 33 heavy (non-hydrogen) atoms. The Kier molecular flexibility index (Phi) is 6.30. The Morgan fingerprint density at radius 2 is 1.85 bits per heavy atom. The van der Waals surface area contributed by atoms with Crippen molar-refractivity contribution in [3.63, 3.8) is 0 Å². The molecular formula is C24H24N6O3. The van der Waals surface area contributed by atoms with Crippen molar-refractivity contribution in [1.29, 1.82) is 0 Å². The molecule has 1 aliphatic heterocycles. The number of aromatic nitrogens is 3. The van der Waals surface area contributed by atoms with Gasteiger partial charge in [-0.25, -0.2) is 0 Å². The second kappa shape index (κ2) is 9.47.